The molecule has 3 aromatic heterocycles. The molecule has 3 heterocycles. The molecule has 33 heavy (non-hydrogen) atoms. The number of H-pyrrole nitrogens is 1. The maximum absolute atomic E-state index is 12.8. The highest BCUT2D eigenvalue weighted by Crippen LogP contribution is 2.36. The minimum absolute atomic E-state index is 0.214. The first-order valence-corrected chi connectivity index (χ1v) is 10.4. The number of nitrogens with zero attached hydrogens (tertiary/aromatic N) is 6. The topological polar surface area (TPSA) is 92.7 Å². The number of nitrogens with one attached hydrogen (secondary N) is 1. The molecule has 1 N–H and O–H groups in total. The van der Waals surface area contributed by atoms with Crippen molar-refractivity contribution in [1.82, 2.24) is 24.4 Å². The number of para-hydroxylation sites is 2. The monoisotopic (exact) mass is 435 g/mol. The highest BCUT2D eigenvalue weighted by Gasteiger charge is 2.26. The minimum atomic E-state index is -0.354. The average molecular weight is 435 g/mol. The fourth-order valence-electron chi connectivity index (χ4n) is 3.72. The summed E-state index contributed by atoms with van der Waals surface area (Å²) in [5.41, 5.74) is 3.10. The number of fused-ring (bicyclic) bond motifs is 3. The van der Waals surface area contributed by atoms with Crippen LogP contribution in [0.1, 0.15) is 32.0 Å². The lowest BCUT2D eigenvalue weighted by Gasteiger charge is -2.15. The van der Waals surface area contributed by atoms with Gasteiger partial charge in [-0.2, -0.15) is 10.2 Å². The largest absolute Gasteiger partial charge is 0.304 e. The Labute approximate surface area is 189 Å². The second kappa shape index (κ2) is 7.57. The smallest absolute Gasteiger partial charge is 0.259 e. The van der Waals surface area contributed by atoms with Gasteiger partial charge in [0, 0.05) is 5.41 Å². The molecule has 0 aliphatic rings. The third-order valence-electron chi connectivity index (χ3n) is 5.32. The fourth-order valence-corrected chi connectivity index (χ4v) is 3.72. The van der Waals surface area contributed by atoms with E-state index in [0.29, 0.717) is 39.3 Å². The van der Waals surface area contributed by atoms with Gasteiger partial charge in [0.25, 0.3) is 5.56 Å². The summed E-state index contributed by atoms with van der Waals surface area (Å²) in [6, 6.07) is 16.9. The molecule has 162 valence electrons. The molecule has 2 aromatic carbocycles. The van der Waals surface area contributed by atoms with E-state index in [1.807, 2.05) is 69.3 Å². The molecule has 8 nitrogen and oxygen atoms in total. The van der Waals surface area contributed by atoms with Crippen LogP contribution in [0.25, 0.3) is 22.2 Å². The van der Waals surface area contributed by atoms with Crippen LogP contribution in [-0.4, -0.2) is 24.4 Å². The van der Waals surface area contributed by atoms with Gasteiger partial charge in [-0.25, -0.2) is 9.20 Å². The van der Waals surface area contributed by atoms with Crippen molar-refractivity contribution in [3.05, 3.63) is 82.4 Å². The van der Waals surface area contributed by atoms with Gasteiger partial charge < -0.3 is 4.98 Å². The van der Waals surface area contributed by atoms with E-state index in [1.165, 1.54) is 0 Å². The predicted molar refractivity (Wildman–Crippen MR) is 128 cm³/mol. The van der Waals surface area contributed by atoms with E-state index in [0.717, 1.165) is 5.69 Å². The van der Waals surface area contributed by atoms with Crippen molar-refractivity contribution < 1.29 is 0 Å². The fraction of sp³-hybridized carbons (Fsp3) is 0.160. The van der Waals surface area contributed by atoms with Crippen LogP contribution in [0.3, 0.4) is 0 Å². The summed E-state index contributed by atoms with van der Waals surface area (Å²) in [4.78, 5) is 15.7. The van der Waals surface area contributed by atoms with Crippen molar-refractivity contribution in [1.29, 1.82) is 0 Å². The van der Waals surface area contributed by atoms with Crippen LogP contribution in [-0.2, 0) is 5.41 Å². The predicted octanol–water partition coefficient (Wildman–Crippen LogP) is 5.06. The molecule has 0 bridgehead atoms. The third kappa shape index (κ3) is 3.40. The first-order chi connectivity index (χ1) is 15.9. The Kier molecular flexibility index (Phi) is 4.68. The van der Waals surface area contributed by atoms with E-state index in [2.05, 4.69) is 26.2 Å². The quantitative estimate of drug-likeness (QED) is 0.317. The number of hydrogen-bond acceptors (Lipinski definition) is 5. The first-order valence-electron chi connectivity index (χ1n) is 10.4. The van der Waals surface area contributed by atoms with Gasteiger partial charge in [0.05, 0.1) is 34.0 Å². The molecule has 0 aliphatic carbocycles. The highest BCUT2D eigenvalue weighted by atomic mass is 16.1. The van der Waals surface area contributed by atoms with Gasteiger partial charge in [0.2, 0.25) is 0 Å². The molecule has 8 heteroatoms. The zero-order chi connectivity index (χ0) is 23.2. The summed E-state index contributed by atoms with van der Waals surface area (Å²) in [6.07, 6.45) is 7.27. The molecule has 5 aromatic rings. The van der Waals surface area contributed by atoms with Crippen molar-refractivity contribution in [3.8, 4) is 18.0 Å². The number of rotatable bonds is 3. The van der Waals surface area contributed by atoms with Gasteiger partial charge in [-0.15, -0.1) is 16.7 Å². The van der Waals surface area contributed by atoms with Gasteiger partial charge in [0.1, 0.15) is 0 Å². The molecule has 0 radical (unpaired) electrons. The summed E-state index contributed by atoms with van der Waals surface area (Å²) < 4.78 is 3.35. The summed E-state index contributed by atoms with van der Waals surface area (Å²) >= 11 is 0. The summed E-state index contributed by atoms with van der Waals surface area (Å²) in [6.45, 7) is 6.11. The molecular weight excluding hydrogens is 414 g/mol. The second-order valence-corrected chi connectivity index (χ2v) is 8.65. The number of hydrogen-bond donors (Lipinski definition) is 1. The first kappa shape index (κ1) is 20.4. The van der Waals surface area contributed by atoms with Crippen LogP contribution in [0.15, 0.2) is 75.8 Å². The zero-order valence-corrected chi connectivity index (χ0v) is 18.4. The van der Waals surface area contributed by atoms with Gasteiger partial charge in [0.15, 0.2) is 17.2 Å². The molecule has 5 rings (SSSR count). The zero-order valence-electron chi connectivity index (χ0n) is 18.4. The summed E-state index contributed by atoms with van der Waals surface area (Å²) in [7, 11) is 0. The van der Waals surface area contributed by atoms with Crippen molar-refractivity contribution in [3.63, 3.8) is 0 Å². The van der Waals surface area contributed by atoms with Crippen LogP contribution in [0.5, 0.6) is 0 Å². The second-order valence-electron chi connectivity index (χ2n) is 8.65. The molecule has 0 saturated heterocycles. The van der Waals surface area contributed by atoms with E-state index < -0.39 is 0 Å². The lowest BCUT2D eigenvalue weighted by molar-refractivity contribution is 0.564. The Bertz CT molecular complexity index is 1620. The number of benzene rings is 2. The van der Waals surface area contributed by atoms with Gasteiger partial charge in [-0.05, 0) is 24.3 Å². The third-order valence-corrected chi connectivity index (χ3v) is 5.32. The van der Waals surface area contributed by atoms with Crippen LogP contribution >= 0.6 is 0 Å². The minimum Gasteiger partial charge on any atom is -0.304 e. The lowest BCUT2D eigenvalue weighted by atomic mass is 9.91. The van der Waals surface area contributed by atoms with Crippen molar-refractivity contribution in [2.75, 3.05) is 0 Å². The summed E-state index contributed by atoms with van der Waals surface area (Å²) in [5, 5.41) is 18.8. The number of azo groups is 1. The van der Waals surface area contributed by atoms with Crippen LogP contribution in [0, 0.1) is 12.3 Å². The van der Waals surface area contributed by atoms with Crippen molar-refractivity contribution >= 4 is 28.1 Å². The Balaban J connectivity index is 1.76. The molecule has 0 amide bonds. The highest BCUT2D eigenvalue weighted by molar-refractivity contribution is 5.83. The standard InChI is InChI=1S/C25H21N7O/c1-5-16-15-26-31(17-11-7-6-8-12-17)22(16)29-28-20-21(25(2,3)4)30-32-19-14-10-9-13-18(19)24(33)27-23(20)32/h1,6-15H,2-4H3,(H,27,33). The van der Waals surface area contributed by atoms with Gasteiger partial charge >= 0.3 is 0 Å². The molecular formula is C25H21N7O. The maximum atomic E-state index is 12.8. The van der Waals surface area contributed by atoms with Crippen molar-refractivity contribution in [2.45, 2.75) is 26.2 Å². The Morgan fingerprint density at radius 1 is 1.03 bits per heavy atom. The Morgan fingerprint density at radius 3 is 2.48 bits per heavy atom. The van der Waals surface area contributed by atoms with Crippen molar-refractivity contribution in [2.24, 2.45) is 10.2 Å². The number of aromatic nitrogens is 5. The van der Waals surface area contributed by atoms with Crippen LogP contribution in [0.4, 0.5) is 11.5 Å². The van der Waals surface area contributed by atoms with E-state index in [-0.39, 0.29) is 11.0 Å². The SMILES string of the molecule is C#Cc1cnn(-c2ccccc2)c1N=Nc1c(C(C)(C)C)nn2c1[nH]c(=O)c1ccccc12. The maximum Gasteiger partial charge on any atom is 0.259 e. The normalized spacial score (nSPS) is 12.1. The lowest BCUT2D eigenvalue weighted by Crippen LogP contribution is -2.12. The molecule has 0 fully saturated rings. The Morgan fingerprint density at radius 2 is 1.76 bits per heavy atom. The molecule has 0 unspecified atom stereocenters. The molecule has 0 aliphatic heterocycles. The van der Waals surface area contributed by atoms with E-state index in [9.17, 15) is 4.79 Å². The number of terminal acetylenes is 1. The van der Waals surface area contributed by atoms with E-state index >= 15 is 0 Å². The van der Waals surface area contributed by atoms with Gasteiger partial charge in [-0.3, -0.25) is 4.79 Å². The molecule has 0 spiro atoms. The van der Waals surface area contributed by atoms with E-state index in [1.54, 1.807) is 21.5 Å². The van der Waals surface area contributed by atoms with Crippen LogP contribution < -0.4 is 5.56 Å². The van der Waals surface area contributed by atoms with Crippen LogP contribution in [0.2, 0.25) is 0 Å². The molecule has 0 saturated carbocycles. The Hall–Kier alpha value is -4.51. The van der Waals surface area contributed by atoms with E-state index in [4.69, 9.17) is 11.5 Å². The molecule has 0 atom stereocenters. The average Bonchev–Trinajstić information content (AvgIpc) is 3.39. The summed E-state index contributed by atoms with van der Waals surface area (Å²) in [5.74, 6) is 3.04. The van der Waals surface area contributed by atoms with Gasteiger partial charge in [-0.1, -0.05) is 57.0 Å². The number of aromatic amines is 1.